The predicted molar refractivity (Wildman–Crippen MR) is 226 cm³/mol. The summed E-state index contributed by atoms with van der Waals surface area (Å²) in [4.78, 5) is 23.2. The Balaban J connectivity index is -0.000000239. The molecule has 0 aromatic rings. The maximum atomic E-state index is 10.9. The second kappa shape index (κ2) is 18.4. The van der Waals surface area contributed by atoms with Crippen molar-refractivity contribution in [2.75, 3.05) is 88.7 Å². The van der Waals surface area contributed by atoms with E-state index in [-0.39, 0.29) is 15.4 Å². The van der Waals surface area contributed by atoms with E-state index >= 15 is 0 Å². The van der Waals surface area contributed by atoms with Crippen molar-refractivity contribution in [2.45, 2.75) is 0 Å². The molecule has 0 aliphatic carbocycles. The molecular weight excluding hydrogens is 1860 g/mol. The Kier molecular flexibility index (Phi) is 20.6. The standard InChI is InChI=1S/C5H12NP2.C4H10NOP2.2C3H8NO2P2.C3H8NP2.CH4NO2P2.4Rf/c1-7(2)5-8(3,4)6-7;1-7(2)4-8(3,6)5-7;2*1-7(5)3-8(2,6)4-7;1-5-3-6(2)4-5;3-5-1-6(4)2-5;;;;/h1,3,5H2,2,4H3;1,4H2,2-3H3;2*3H2,1-2H3;5-6H,1-3H2;5-6H,1H2;;;;/q6*-1;;;;. The summed E-state index contributed by atoms with van der Waals surface area (Å²) in [6.07, 6.45) is 19.5. The fourth-order valence-corrected chi connectivity index (χ4v) is 41.7. The van der Waals surface area contributed by atoms with Gasteiger partial charge in [-0.1, -0.05) is 25.9 Å². The fraction of sp³-hybridized carbons (Fsp3) is 0.737. The number of nitrogens with zero attached hydrogens (tertiary/aromatic N) is 6. The first-order valence-corrected chi connectivity index (χ1v) is 39.0. The van der Waals surface area contributed by atoms with E-state index in [4.69, 9.17) is 0 Å². The topological polar surface area (TPSA) is 204 Å². The number of hydrogen-bond acceptors (Lipinski definition) is 7. The number of hydrogen-bond donors (Lipinski definition) is 0. The maximum absolute atomic E-state index is 10.9. The second-order valence-electron chi connectivity index (χ2n) is 12.7. The molecule has 0 saturated carbocycles. The smallest absolute Gasteiger partial charge is 0.0211 e. The zero-order valence-corrected chi connectivity index (χ0v) is 66.5. The first-order valence-electron chi connectivity index (χ1n) is 13.0. The van der Waals surface area contributed by atoms with Gasteiger partial charge >= 0.3 is 0 Å². The number of rotatable bonds is 0. The van der Waals surface area contributed by atoms with E-state index in [2.05, 4.69) is 74.0 Å². The van der Waals surface area contributed by atoms with Crippen LogP contribution in [0.15, 0.2) is 0 Å². The van der Waals surface area contributed by atoms with Gasteiger partial charge in [-0.2, -0.15) is 0 Å². The first-order chi connectivity index (χ1) is 19.2. The van der Waals surface area contributed by atoms with Gasteiger partial charge in [0.2, 0.25) is 0 Å². The van der Waals surface area contributed by atoms with Crippen molar-refractivity contribution in [3.8, 4) is 0 Å². The van der Waals surface area contributed by atoms with Gasteiger partial charge in [0.05, 0.1) is 0 Å². The molecule has 12 unspecified atom stereocenters. The van der Waals surface area contributed by atoms with Gasteiger partial charge < -0.3 is 61.1 Å². The molecule has 0 N–H and O–H groups in total. The van der Waals surface area contributed by atoms with E-state index in [0.717, 1.165) is 5.90 Å². The van der Waals surface area contributed by atoms with Gasteiger partial charge in [0, 0.05) is 54.2 Å². The molecule has 6 aliphatic rings. The normalized spacial score (nSPS) is 48.0. The van der Waals surface area contributed by atoms with Gasteiger partial charge in [-0.05, 0) is 61.0 Å². The largest absolute Gasteiger partial charge is 0.614 e. The Morgan fingerprint density at radius 2 is 0.625 bits per heavy atom. The molecule has 0 aromatic carbocycles. The molecule has 272 valence electrons. The van der Waals surface area contributed by atoms with Crippen LogP contribution in [0.5, 0.6) is 0 Å². The molecular formula is C19H50N6O7P12Rf4-6. The van der Waals surface area contributed by atoms with Crippen LogP contribution in [0.3, 0.4) is 0 Å². The molecule has 0 radical (unpaired) electrons. The molecule has 0 aromatic heterocycles. The summed E-state index contributed by atoms with van der Waals surface area (Å²) in [5.74, 6) is 4.41. The Bertz CT molecular complexity index is 1240. The summed E-state index contributed by atoms with van der Waals surface area (Å²) < 4.78 is 73.8. The van der Waals surface area contributed by atoms with Crippen molar-refractivity contribution in [2.24, 2.45) is 0 Å². The summed E-state index contributed by atoms with van der Waals surface area (Å²) in [5.41, 5.74) is 0. The van der Waals surface area contributed by atoms with Crippen LogP contribution < -0.4 is 0 Å². The molecule has 48 heavy (non-hydrogen) atoms. The van der Waals surface area contributed by atoms with E-state index in [1.807, 2.05) is 6.66 Å². The van der Waals surface area contributed by atoms with Crippen molar-refractivity contribution in [3.63, 3.8) is 0 Å². The van der Waals surface area contributed by atoms with E-state index in [1.54, 1.807) is 33.3 Å². The average molecular weight is 1910 g/mol. The molecule has 6 rings (SSSR count). The molecule has 0 spiro atoms. The molecule has 6 heterocycles. The molecule has 6 aliphatic heterocycles. The Hall–Kier alpha value is -1.13. The minimum absolute atomic E-state index is 0. The molecule has 12 atom stereocenters. The van der Waals surface area contributed by atoms with Crippen LogP contribution in [0.4, 0.5) is 0 Å². The van der Waals surface area contributed by atoms with Gasteiger partial charge in [0.25, 0.3) is 0 Å². The van der Waals surface area contributed by atoms with Gasteiger partial charge in [0.1, 0.15) is 0 Å². The molecule has 0 amide bonds. The van der Waals surface area contributed by atoms with E-state index in [1.165, 1.54) is 11.8 Å². The molecule has 6 fully saturated rings. The quantitative estimate of drug-likeness (QED) is 0.214. The summed E-state index contributed by atoms with van der Waals surface area (Å²) in [7, 11) is -18.1. The van der Waals surface area contributed by atoms with Crippen molar-refractivity contribution in [3.05, 3.63) is 29.1 Å². The van der Waals surface area contributed by atoms with E-state index in [9.17, 15) is 32.0 Å². The van der Waals surface area contributed by atoms with Crippen molar-refractivity contribution < 1.29 is 32.0 Å². The van der Waals surface area contributed by atoms with Gasteiger partial charge in [-0.15, -0.1) is 31.5 Å². The van der Waals surface area contributed by atoms with Crippen LogP contribution >= 0.6 is 88.9 Å². The minimum Gasteiger partial charge on any atom is -0.614 e. The van der Waals surface area contributed by atoms with Crippen molar-refractivity contribution >= 4 is 120 Å². The average Bonchev–Trinajstić information content (AvgIpc) is 2.59. The minimum atomic E-state index is -2.23. The maximum Gasteiger partial charge on any atom is 0.0211 e. The van der Waals surface area contributed by atoms with Crippen molar-refractivity contribution in [1.82, 2.24) is 0 Å². The van der Waals surface area contributed by atoms with Crippen LogP contribution in [-0.4, -0.2) is 120 Å². The summed E-state index contributed by atoms with van der Waals surface area (Å²) >= 11 is 0. The summed E-state index contributed by atoms with van der Waals surface area (Å²) in [5, 5.41) is 0. The first kappa shape index (κ1) is 53.7. The van der Waals surface area contributed by atoms with E-state index in [0.29, 0.717) is 17.7 Å². The molecule has 6 saturated heterocycles. The molecule has 0 bridgehead atoms. The monoisotopic (exact) mass is 1910 g/mol. The van der Waals surface area contributed by atoms with Crippen molar-refractivity contribution in [1.29, 1.82) is 0 Å². The predicted octanol–water partition coefficient (Wildman–Crippen LogP) is 11.6. The summed E-state index contributed by atoms with van der Waals surface area (Å²) in [6, 6.07) is 0. The molecule has 29 heteroatoms. The fourth-order valence-electron chi connectivity index (χ4n) is 4.64. The summed E-state index contributed by atoms with van der Waals surface area (Å²) in [6.45, 7) is 14.3. The van der Waals surface area contributed by atoms with Crippen LogP contribution in [0.25, 0.3) is 29.1 Å². The second-order valence-corrected chi connectivity index (χ2v) is 47.1. The third-order valence-electron chi connectivity index (χ3n) is 5.10. The van der Waals surface area contributed by atoms with Crippen LogP contribution in [0, 0.1) is 0 Å². The zero-order valence-electron chi connectivity index (χ0n) is 29.7. The third kappa shape index (κ3) is 21.8. The third-order valence-corrected chi connectivity index (χ3v) is 45.9. The van der Waals surface area contributed by atoms with E-state index < -0.39 is 73.5 Å². The van der Waals surface area contributed by atoms with Gasteiger partial charge in [-0.3, -0.25) is 0 Å². The van der Waals surface area contributed by atoms with Crippen LogP contribution in [0.2, 0.25) is 0 Å². The molecule has 13 nitrogen and oxygen atoms in total. The van der Waals surface area contributed by atoms with Crippen LogP contribution in [-0.2, 0) is 32.0 Å². The zero-order chi connectivity index (χ0) is 34.8. The Morgan fingerprint density at radius 1 is 0.438 bits per heavy atom. The SMILES string of the molecule is C=P1(C)CP(=C)(C)[N-]1.C=P1(C)CP(C)(=O)[N-]1.C=[PH]1C[PH](=C)[N-]1.CP1(=O)CP(C)(=O)[N-]1.CP1(=O)CP(C)(=O)[N-]1.O=[PH]1C[PH](=O)[N-]1.[Rf].[Rf].[Rf].[Rf]. The van der Waals surface area contributed by atoms with Gasteiger partial charge in [-0.25, -0.2) is 36.5 Å². The van der Waals surface area contributed by atoms with Gasteiger partial charge in [0.15, 0.2) is 0 Å². The Labute approximate surface area is 269 Å². The van der Waals surface area contributed by atoms with Crippen LogP contribution in [0.1, 0.15) is 0 Å². The Morgan fingerprint density at radius 3 is 0.625 bits per heavy atom.